The van der Waals surface area contributed by atoms with Gasteiger partial charge in [-0.05, 0) is 57.6 Å². The molecular weight excluding hydrogens is 399 g/mol. The number of fused-ring (bicyclic) bond motifs is 1. The van der Waals surface area contributed by atoms with E-state index in [1.54, 1.807) is 13.1 Å². The molecule has 0 saturated heterocycles. The standard InChI is InChI=1S/C11H8BrIN2O2/c1-2-17-11(16)10-14-5-6-3-7(12)8(13)4-9(6)15-10/h3-5H,2H2,1H3. The van der Waals surface area contributed by atoms with E-state index < -0.39 is 5.97 Å². The Bertz CT molecular complexity index is 589. The van der Waals surface area contributed by atoms with E-state index in [-0.39, 0.29) is 5.82 Å². The maximum Gasteiger partial charge on any atom is 0.376 e. The van der Waals surface area contributed by atoms with Crippen molar-refractivity contribution < 1.29 is 9.53 Å². The van der Waals surface area contributed by atoms with Crippen LogP contribution in [0.2, 0.25) is 0 Å². The highest BCUT2D eigenvalue weighted by Crippen LogP contribution is 2.24. The number of hydrogen-bond donors (Lipinski definition) is 0. The summed E-state index contributed by atoms with van der Waals surface area (Å²) in [6, 6.07) is 3.82. The first-order valence-corrected chi connectivity index (χ1v) is 6.78. The fourth-order valence-corrected chi connectivity index (χ4v) is 2.13. The normalized spacial score (nSPS) is 10.5. The maximum absolute atomic E-state index is 11.5. The first kappa shape index (κ1) is 12.7. The Kier molecular flexibility index (Phi) is 3.93. The molecule has 0 radical (unpaired) electrons. The van der Waals surface area contributed by atoms with E-state index in [0.717, 1.165) is 18.9 Å². The molecule has 17 heavy (non-hydrogen) atoms. The summed E-state index contributed by atoms with van der Waals surface area (Å²) >= 11 is 5.63. The van der Waals surface area contributed by atoms with Crippen molar-refractivity contribution in [1.82, 2.24) is 9.97 Å². The van der Waals surface area contributed by atoms with Gasteiger partial charge in [-0.2, -0.15) is 0 Å². The molecule has 0 N–H and O–H groups in total. The van der Waals surface area contributed by atoms with Crippen molar-refractivity contribution in [2.45, 2.75) is 6.92 Å². The number of halogens is 2. The predicted molar refractivity (Wildman–Crippen MR) is 75.9 cm³/mol. The van der Waals surface area contributed by atoms with Crippen LogP contribution in [0.15, 0.2) is 22.8 Å². The minimum atomic E-state index is -0.493. The quantitative estimate of drug-likeness (QED) is 0.567. The molecule has 6 heteroatoms. The Morgan fingerprint density at radius 2 is 2.29 bits per heavy atom. The maximum atomic E-state index is 11.5. The van der Waals surface area contributed by atoms with Gasteiger partial charge in [0.2, 0.25) is 5.82 Å². The third kappa shape index (κ3) is 2.74. The number of carbonyl (C=O) groups is 1. The molecule has 0 aliphatic rings. The molecule has 2 rings (SSSR count). The van der Waals surface area contributed by atoms with Gasteiger partial charge in [0.1, 0.15) is 0 Å². The number of esters is 1. The predicted octanol–water partition coefficient (Wildman–Crippen LogP) is 3.17. The van der Waals surface area contributed by atoms with Gasteiger partial charge < -0.3 is 4.74 Å². The number of benzene rings is 1. The summed E-state index contributed by atoms with van der Waals surface area (Å²) in [4.78, 5) is 19.7. The van der Waals surface area contributed by atoms with Gasteiger partial charge in [-0.25, -0.2) is 14.8 Å². The Labute approximate surface area is 120 Å². The molecule has 0 aliphatic carbocycles. The molecule has 0 aliphatic heterocycles. The number of hydrogen-bond acceptors (Lipinski definition) is 4. The second-order valence-corrected chi connectivity index (χ2v) is 5.26. The number of rotatable bonds is 2. The summed E-state index contributed by atoms with van der Waals surface area (Å²) in [7, 11) is 0. The Morgan fingerprint density at radius 3 is 3.00 bits per heavy atom. The van der Waals surface area contributed by atoms with Crippen LogP contribution in [-0.4, -0.2) is 22.5 Å². The molecule has 1 heterocycles. The third-order valence-corrected chi connectivity index (χ3v) is 4.37. The average molecular weight is 407 g/mol. The average Bonchev–Trinajstić information content (AvgIpc) is 2.30. The van der Waals surface area contributed by atoms with Crippen LogP contribution < -0.4 is 0 Å². The molecule has 0 unspecified atom stereocenters. The van der Waals surface area contributed by atoms with Crippen molar-refractivity contribution in [3.63, 3.8) is 0 Å². The number of carbonyl (C=O) groups excluding carboxylic acids is 1. The zero-order chi connectivity index (χ0) is 12.4. The molecule has 0 saturated carbocycles. The van der Waals surface area contributed by atoms with Crippen molar-refractivity contribution in [3.05, 3.63) is 32.2 Å². The third-order valence-electron chi connectivity index (χ3n) is 2.08. The monoisotopic (exact) mass is 406 g/mol. The van der Waals surface area contributed by atoms with E-state index in [4.69, 9.17) is 4.74 Å². The smallest absolute Gasteiger partial charge is 0.376 e. The molecule has 0 fully saturated rings. The molecule has 1 aromatic carbocycles. The first-order chi connectivity index (χ1) is 8.11. The van der Waals surface area contributed by atoms with Crippen LogP contribution >= 0.6 is 38.5 Å². The van der Waals surface area contributed by atoms with E-state index in [9.17, 15) is 4.79 Å². The van der Waals surface area contributed by atoms with Gasteiger partial charge >= 0.3 is 5.97 Å². The van der Waals surface area contributed by atoms with Crippen molar-refractivity contribution in [3.8, 4) is 0 Å². The molecule has 4 nitrogen and oxygen atoms in total. The summed E-state index contributed by atoms with van der Waals surface area (Å²) < 4.78 is 6.87. The minimum Gasteiger partial charge on any atom is -0.460 e. The van der Waals surface area contributed by atoms with Gasteiger partial charge in [-0.1, -0.05) is 0 Å². The second-order valence-electron chi connectivity index (χ2n) is 3.24. The van der Waals surface area contributed by atoms with Gasteiger partial charge in [0.05, 0.1) is 12.1 Å². The van der Waals surface area contributed by atoms with E-state index >= 15 is 0 Å². The van der Waals surface area contributed by atoms with Gasteiger partial charge in [0.25, 0.3) is 0 Å². The molecule has 88 valence electrons. The highest BCUT2D eigenvalue weighted by molar-refractivity contribution is 14.1. The Hall–Kier alpha value is -0.760. The van der Waals surface area contributed by atoms with Crippen molar-refractivity contribution in [2.75, 3.05) is 6.61 Å². The molecule has 1 aromatic heterocycles. The van der Waals surface area contributed by atoms with Crippen LogP contribution in [-0.2, 0) is 4.74 Å². The SMILES string of the molecule is CCOC(=O)c1ncc2cc(Br)c(I)cc2n1. The zero-order valence-corrected chi connectivity index (χ0v) is 12.6. The fraction of sp³-hybridized carbons (Fsp3) is 0.182. The van der Waals surface area contributed by atoms with Crippen LogP contribution in [0.4, 0.5) is 0 Å². The lowest BCUT2D eigenvalue weighted by Gasteiger charge is -2.03. The Balaban J connectivity index is 2.50. The van der Waals surface area contributed by atoms with Crippen molar-refractivity contribution in [1.29, 1.82) is 0 Å². The lowest BCUT2D eigenvalue weighted by molar-refractivity contribution is 0.0512. The molecule has 2 aromatic rings. The lowest BCUT2D eigenvalue weighted by atomic mass is 10.2. The highest BCUT2D eigenvalue weighted by Gasteiger charge is 2.11. The van der Waals surface area contributed by atoms with Crippen LogP contribution in [0.3, 0.4) is 0 Å². The summed E-state index contributed by atoms with van der Waals surface area (Å²) in [6.45, 7) is 2.07. The lowest BCUT2D eigenvalue weighted by Crippen LogP contribution is -2.09. The highest BCUT2D eigenvalue weighted by atomic mass is 127. The summed E-state index contributed by atoms with van der Waals surface area (Å²) in [5.74, 6) is -0.398. The zero-order valence-electron chi connectivity index (χ0n) is 8.91. The topological polar surface area (TPSA) is 52.1 Å². The van der Waals surface area contributed by atoms with Crippen molar-refractivity contribution >= 4 is 55.4 Å². The first-order valence-electron chi connectivity index (χ1n) is 4.90. The fourth-order valence-electron chi connectivity index (χ4n) is 1.32. The molecule has 0 spiro atoms. The molecular formula is C11H8BrIN2O2. The molecule has 0 atom stereocenters. The van der Waals surface area contributed by atoms with Gasteiger partial charge in [0.15, 0.2) is 0 Å². The van der Waals surface area contributed by atoms with Crippen LogP contribution in [0.25, 0.3) is 10.9 Å². The minimum absolute atomic E-state index is 0.0949. The summed E-state index contributed by atoms with van der Waals surface area (Å²) in [6.07, 6.45) is 1.62. The summed E-state index contributed by atoms with van der Waals surface area (Å²) in [5, 5.41) is 0.880. The van der Waals surface area contributed by atoms with Crippen molar-refractivity contribution in [2.24, 2.45) is 0 Å². The van der Waals surface area contributed by atoms with Crippen LogP contribution in [0.5, 0.6) is 0 Å². The van der Waals surface area contributed by atoms with E-state index in [2.05, 4.69) is 48.5 Å². The number of aromatic nitrogens is 2. The van der Waals surface area contributed by atoms with E-state index in [1.807, 2.05) is 12.1 Å². The molecule has 0 amide bonds. The summed E-state index contributed by atoms with van der Waals surface area (Å²) in [5.41, 5.74) is 0.732. The van der Waals surface area contributed by atoms with Crippen LogP contribution in [0.1, 0.15) is 17.5 Å². The Morgan fingerprint density at radius 1 is 1.53 bits per heavy atom. The van der Waals surface area contributed by atoms with Gasteiger partial charge in [-0.15, -0.1) is 0 Å². The van der Waals surface area contributed by atoms with Crippen LogP contribution in [0, 0.1) is 3.57 Å². The van der Waals surface area contributed by atoms with E-state index in [1.165, 1.54) is 0 Å². The second kappa shape index (κ2) is 5.26. The van der Waals surface area contributed by atoms with E-state index in [0.29, 0.717) is 6.61 Å². The number of nitrogens with zero attached hydrogens (tertiary/aromatic N) is 2. The largest absolute Gasteiger partial charge is 0.460 e. The van der Waals surface area contributed by atoms with Gasteiger partial charge in [-0.3, -0.25) is 0 Å². The van der Waals surface area contributed by atoms with Gasteiger partial charge in [0, 0.05) is 19.6 Å². The molecule has 0 bridgehead atoms. The number of ether oxygens (including phenoxy) is 1.